The highest BCUT2D eigenvalue weighted by atomic mass is 16.1. The van der Waals surface area contributed by atoms with Gasteiger partial charge in [0.05, 0.1) is 12.1 Å². The number of anilines is 1. The lowest BCUT2D eigenvalue weighted by atomic mass is 10.0. The predicted octanol–water partition coefficient (Wildman–Crippen LogP) is 4.41. The lowest BCUT2D eigenvalue weighted by Crippen LogP contribution is -2.14. The van der Waals surface area contributed by atoms with Crippen molar-refractivity contribution in [3.8, 4) is 11.3 Å². The number of carbonyl (C=O) groups excluding carboxylic acids is 1. The Bertz CT molecular complexity index is 1020. The highest BCUT2D eigenvalue weighted by Gasteiger charge is 2.08. The van der Waals surface area contributed by atoms with Crippen LogP contribution >= 0.6 is 0 Å². The number of rotatable bonds is 4. The van der Waals surface area contributed by atoms with Gasteiger partial charge >= 0.3 is 0 Å². The van der Waals surface area contributed by atoms with Crippen molar-refractivity contribution < 1.29 is 4.79 Å². The average Bonchev–Trinajstić information content (AvgIpc) is 3.17. The number of nitrogens with zero attached hydrogens (tertiary/aromatic N) is 1. The Labute approximate surface area is 145 Å². The average molecular weight is 327 g/mol. The highest BCUT2D eigenvalue weighted by molar-refractivity contribution is 5.96. The van der Waals surface area contributed by atoms with Gasteiger partial charge in [-0.15, -0.1) is 0 Å². The quantitative estimate of drug-likeness (QED) is 0.583. The molecule has 1 heterocycles. The van der Waals surface area contributed by atoms with Crippen molar-refractivity contribution in [2.24, 2.45) is 0 Å². The minimum atomic E-state index is -0.0295. The van der Waals surface area contributed by atoms with Gasteiger partial charge in [0, 0.05) is 17.4 Å². The summed E-state index contributed by atoms with van der Waals surface area (Å²) >= 11 is 0. The monoisotopic (exact) mass is 327 g/mol. The van der Waals surface area contributed by atoms with E-state index >= 15 is 0 Å². The van der Waals surface area contributed by atoms with E-state index in [-0.39, 0.29) is 5.91 Å². The molecule has 4 rings (SSSR count). The number of fused-ring (bicyclic) bond motifs is 1. The number of amides is 1. The molecule has 0 bridgehead atoms. The molecule has 0 spiro atoms. The van der Waals surface area contributed by atoms with E-state index in [1.165, 1.54) is 0 Å². The summed E-state index contributed by atoms with van der Waals surface area (Å²) in [5.74, 6) is -0.0295. The number of aromatic nitrogens is 2. The first-order chi connectivity index (χ1) is 12.3. The van der Waals surface area contributed by atoms with Crippen LogP contribution in [0.25, 0.3) is 22.0 Å². The molecule has 4 heteroatoms. The van der Waals surface area contributed by atoms with Crippen LogP contribution < -0.4 is 5.32 Å². The van der Waals surface area contributed by atoms with Gasteiger partial charge in [0.15, 0.2) is 0 Å². The molecule has 0 saturated heterocycles. The Morgan fingerprint density at radius 3 is 2.68 bits per heavy atom. The van der Waals surface area contributed by atoms with Crippen LogP contribution in [0, 0.1) is 0 Å². The van der Waals surface area contributed by atoms with Crippen LogP contribution in [0.15, 0.2) is 79.0 Å². The summed E-state index contributed by atoms with van der Waals surface area (Å²) in [6.45, 7) is 0. The van der Waals surface area contributed by atoms with E-state index in [9.17, 15) is 4.79 Å². The zero-order chi connectivity index (χ0) is 17.1. The van der Waals surface area contributed by atoms with Crippen molar-refractivity contribution in [2.75, 3.05) is 5.32 Å². The fourth-order valence-corrected chi connectivity index (χ4v) is 3.01. The summed E-state index contributed by atoms with van der Waals surface area (Å²) < 4.78 is 0. The van der Waals surface area contributed by atoms with Gasteiger partial charge in [-0.3, -0.25) is 9.89 Å². The minimum Gasteiger partial charge on any atom is -0.326 e. The number of carbonyl (C=O) groups is 1. The first-order valence-electron chi connectivity index (χ1n) is 8.16. The van der Waals surface area contributed by atoms with Gasteiger partial charge in [0.1, 0.15) is 0 Å². The second-order valence-electron chi connectivity index (χ2n) is 5.91. The molecule has 0 aliphatic heterocycles. The van der Waals surface area contributed by atoms with Gasteiger partial charge in [0.25, 0.3) is 0 Å². The van der Waals surface area contributed by atoms with Crippen molar-refractivity contribution in [1.82, 2.24) is 10.2 Å². The van der Waals surface area contributed by atoms with Crippen LogP contribution in [0.3, 0.4) is 0 Å². The van der Waals surface area contributed by atoms with Crippen LogP contribution in [0.2, 0.25) is 0 Å². The van der Waals surface area contributed by atoms with Crippen molar-refractivity contribution in [3.63, 3.8) is 0 Å². The summed E-state index contributed by atoms with van der Waals surface area (Å²) in [6.07, 6.45) is 2.05. The number of hydrogen-bond acceptors (Lipinski definition) is 2. The van der Waals surface area contributed by atoms with Crippen molar-refractivity contribution in [1.29, 1.82) is 0 Å². The molecule has 0 saturated carbocycles. The maximum Gasteiger partial charge on any atom is 0.228 e. The Balaban J connectivity index is 1.53. The normalized spacial score (nSPS) is 10.7. The molecule has 0 fully saturated rings. The molecular formula is C21H17N3O. The van der Waals surface area contributed by atoms with E-state index in [1.807, 2.05) is 54.6 Å². The molecule has 4 nitrogen and oxygen atoms in total. The largest absolute Gasteiger partial charge is 0.326 e. The molecule has 25 heavy (non-hydrogen) atoms. The Morgan fingerprint density at radius 2 is 1.80 bits per heavy atom. The van der Waals surface area contributed by atoms with E-state index in [0.717, 1.165) is 33.3 Å². The maximum absolute atomic E-state index is 12.5. The molecule has 122 valence electrons. The van der Waals surface area contributed by atoms with Gasteiger partial charge in [-0.1, -0.05) is 54.6 Å². The third kappa shape index (κ3) is 3.28. The summed E-state index contributed by atoms with van der Waals surface area (Å²) in [6, 6.07) is 23.8. The second kappa shape index (κ2) is 6.61. The fourth-order valence-electron chi connectivity index (χ4n) is 3.01. The second-order valence-corrected chi connectivity index (χ2v) is 5.91. The number of hydrogen-bond donors (Lipinski definition) is 2. The van der Waals surface area contributed by atoms with Gasteiger partial charge in [-0.25, -0.2) is 0 Å². The third-order valence-electron chi connectivity index (χ3n) is 4.19. The SMILES string of the molecule is O=C(Cc1cccc2ccccc12)Nc1cccc(-c2ccn[nH]2)c1. The topological polar surface area (TPSA) is 57.8 Å². The van der Waals surface area contributed by atoms with Gasteiger partial charge in [0.2, 0.25) is 5.91 Å². The summed E-state index contributed by atoms with van der Waals surface area (Å²) in [4.78, 5) is 12.5. The Kier molecular flexibility index (Phi) is 4.01. The number of H-pyrrole nitrogens is 1. The van der Waals surface area contributed by atoms with Crippen LogP contribution in [0.5, 0.6) is 0 Å². The van der Waals surface area contributed by atoms with Gasteiger partial charge < -0.3 is 5.32 Å². The predicted molar refractivity (Wildman–Crippen MR) is 100 cm³/mol. The molecule has 0 aliphatic carbocycles. The number of aromatic amines is 1. The van der Waals surface area contributed by atoms with E-state index in [0.29, 0.717) is 6.42 Å². The Hall–Kier alpha value is -3.40. The molecule has 0 radical (unpaired) electrons. The molecule has 4 aromatic rings. The molecule has 2 N–H and O–H groups in total. The smallest absolute Gasteiger partial charge is 0.228 e. The van der Waals surface area contributed by atoms with Crippen molar-refractivity contribution in [3.05, 3.63) is 84.6 Å². The standard InChI is InChI=1S/C21H17N3O/c25-21(14-16-7-3-6-15-5-1-2-10-19(15)16)23-18-9-4-8-17(13-18)20-11-12-22-24-20/h1-13H,14H2,(H,22,24)(H,23,25). The van der Waals surface area contributed by atoms with E-state index in [1.54, 1.807) is 6.20 Å². The number of nitrogens with one attached hydrogen (secondary N) is 2. The van der Waals surface area contributed by atoms with Crippen LogP contribution in [-0.4, -0.2) is 16.1 Å². The molecule has 1 amide bonds. The molecule has 0 atom stereocenters. The first kappa shape index (κ1) is 15.1. The van der Waals surface area contributed by atoms with E-state index < -0.39 is 0 Å². The molecule has 0 aliphatic rings. The summed E-state index contributed by atoms with van der Waals surface area (Å²) in [5, 5.41) is 12.1. The van der Waals surface area contributed by atoms with Gasteiger partial charge in [-0.05, 0) is 34.5 Å². The lowest BCUT2D eigenvalue weighted by Gasteiger charge is -2.09. The minimum absolute atomic E-state index is 0.0295. The van der Waals surface area contributed by atoms with E-state index in [4.69, 9.17) is 0 Å². The van der Waals surface area contributed by atoms with Crippen LogP contribution in [0.1, 0.15) is 5.56 Å². The zero-order valence-electron chi connectivity index (χ0n) is 13.6. The van der Waals surface area contributed by atoms with Crippen LogP contribution in [0.4, 0.5) is 5.69 Å². The zero-order valence-corrected chi connectivity index (χ0v) is 13.6. The van der Waals surface area contributed by atoms with Crippen LogP contribution in [-0.2, 0) is 11.2 Å². The maximum atomic E-state index is 12.5. The van der Waals surface area contributed by atoms with Crippen molar-refractivity contribution in [2.45, 2.75) is 6.42 Å². The first-order valence-corrected chi connectivity index (χ1v) is 8.16. The van der Waals surface area contributed by atoms with E-state index in [2.05, 4.69) is 33.7 Å². The molecule has 3 aromatic carbocycles. The van der Waals surface area contributed by atoms with Gasteiger partial charge in [-0.2, -0.15) is 5.10 Å². The molecule has 0 unspecified atom stereocenters. The highest BCUT2D eigenvalue weighted by Crippen LogP contribution is 2.22. The van der Waals surface area contributed by atoms with Crippen molar-refractivity contribution >= 4 is 22.4 Å². The fraction of sp³-hybridized carbons (Fsp3) is 0.0476. The molecule has 1 aromatic heterocycles. The number of benzene rings is 3. The molecular weight excluding hydrogens is 310 g/mol. The Morgan fingerprint density at radius 1 is 0.960 bits per heavy atom. The third-order valence-corrected chi connectivity index (χ3v) is 4.19. The lowest BCUT2D eigenvalue weighted by molar-refractivity contribution is -0.115. The summed E-state index contributed by atoms with van der Waals surface area (Å²) in [5.41, 5.74) is 3.71. The summed E-state index contributed by atoms with van der Waals surface area (Å²) in [7, 11) is 0.